The lowest BCUT2D eigenvalue weighted by Crippen LogP contribution is -2.26. The van der Waals surface area contributed by atoms with E-state index in [1.54, 1.807) is 12.1 Å². The quantitative estimate of drug-likeness (QED) is 0.173. The van der Waals surface area contributed by atoms with Gasteiger partial charge in [0.25, 0.3) is 0 Å². The number of benzene rings is 2. The lowest BCUT2D eigenvalue weighted by Gasteiger charge is -2.25. The second-order valence-electron chi connectivity index (χ2n) is 14.0. The van der Waals surface area contributed by atoms with Crippen LogP contribution < -0.4 is 0 Å². The molecule has 234 valence electrons. The highest BCUT2D eigenvalue weighted by Crippen LogP contribution is 2.37. The fourth-order valence-electron chi connectivity index (χ4n) is 5.51. The first-order chi connectivity index (χ1) is 19.2. The van der Waals surface area contributed by atoms with Gasteiger partial charge in [0.2, 0.25) is 0 Å². The van der Waals surface area contributed by atoms with E-state index in [1.807, 2.05) is 67.5 Å². The standard InChI is InChI=1S/C34H50O8/c1-19-11-21(29(37)27(13-19)33(3,4)5)15-23(31(39)40)17-25(35)9-10-26(36)18-24(32(41)42)16-22-12-20(2)14-28(30(22)38)34(6,7)8/h11-14,23-26,35-38H,9-10,15-18H2,1-8H3,(H,39,40)(H,41,42). The van der Waals surface area contributed by atoms with E-state index in [4.69, 9.17) is 0 Å². The summed E-state index contributed by atoms with van der Waals surface area (Å²) in [6, 6.07) is 7.30. The van der Waals surface area contributed by atoms with E-state index < -0.39 is 36.0 Å². The number of phenolic OH excluding ortho intramolecular Hbond substituents is 2. The predicted molar refractivity (Wildman–Crippen MR) is 163 cm³/mol. The zero-order valence-corrected chi connectivity index (χ0v) is 26.4. The van der Waals surface area contributed by atoms with Gasteiger partial charge < -0.3 is 30.6 Å². The van der Waals surface area contributed by atoms with E-state index in [9.17, 15) is 40.2 Å². The molecule has 0 aliphatic carbocycles. The number of carbonyl (C=O) groups is 2. The molecule has 0 saturated carbocycles. The monoisotopic (exact) mass is 586 g/mol. The van der Waals surface area contributed by atoms with E-state index in [1.165, 1.54) is 0 Å². The Balaban J connectivity index is 2.07. The first-order valence-corrected chi connectivity index (χ1v) is 14.7. The van der Waals surface area contributed by atoms with Crippen LogP contribution in [-0.2, 0) is 33.3 Å². The highest BCUT2D eigenvalue weighted by molar-refractivity contribution is 5.71. The number of phenols is 2. The molecule has 2 aromatic carbocycles. The highest BCUT2D eigenvalue weighted by Gasteiger charge is 2.29. The van der Waals surface area contributed by atoms with Gasteiger partial charge in [0.15, 0.2) is 0 Å². The van der Waals surface area contributed by atoms with Crippen LogP contribution in [0.4, 0.5) is 0 Å². The summed E-state index contributed by atoms with van der Waals surface area (Å²) in [5.41, 5.74) is 3.62. The summed E-state index contributed by atoms with van der Waals surface area (Å²) in [5, 5.41) is 62.8. The van der Waals surface area contributed by atoms with Crippen molar-refractivity contribution in [1.82, 2.24) is 0 Å². The van der Waals surface area contributed by atoms with Crippen molar-refractivity contribution in [1.29, 1.82) is 0 Å². The highest BCUT2D eigenvalue weighted by atomic mass is 16.4. The van der Waals surface area contributed by atoms with Crippen LogP contribution in [0, 0.1) is 25.7 Å². The molecule has 42 heavy (non-hydrogen) atoms. The minimum atomic E-state index is -1.09. The van der Waals surface area contributed by atoms with Crippen molar-refractivity contribution in [3.8, 4) is 11.5 Å². The molecule has 6 N–H and O–H groups in total. The molecule has 4 unspecified atom stereocenters. The van der Waals surface area contributed by atoms with Crippen LogP contribution in [0.25, 0.3) is 0 Å². The molecule has 0 heterocycles. The number of aromatic hydroxyl groups is 2. The number of hydrogen-bond acceptors (Lipinski definition) is 6. The van der Waals surface area contributed by atoms with E-state index in [0.29, 0.717) is 11.1 Å². The Morgan fingerprint density at radius 2 is 0.952 bits per heavy atom. The number of aryl methyl sites for hydroxylation is 2. The lowest BCUT2D eigenvalue weighted by atomic mass is 9.82. The van der Waals surface area contributed by atoms with Crippen LogP contribution in [0.15, 0.2) is 24.3 Å². The zero-order chi connectivity index (χ0) is 32.2. The molecule has 0 aliphatic rings. The van der Waals surface area contributed by atoms with E-state index in [0.717, 1.165) is 22.3 Å². The topological polar surface area (TPSA) is 156 Å². The maximum atomic E-state index is 12.1. The number of aliphatic hydroxyl groups excluding tert-OH is 2. The summed E-state index contributed by atoms with van der Waals surface area (Å²) in [7, 11) is 0. The molecule has 8 nitrogen and oxygen atoms in total. The average Bonchev–Trinajstić information content (AvgIpc) is 2.84. The molecule has 8 heteroatoms. The van der Waals surface area contributed by atoms with E-state index in [-0.39, 0.29) is 60.9 Å². The molecule has 0 aromatic heterocycles. The lowest BCUT2D eigenvalue weighted by molar-refractivity contribution is -0.144. The first kappa shape index (κ1) is 35.1. The summed E-state index contributed by atoms with van der Waals surface area (Å²) < 4.78 is 0. The van der Waals surface area contributed by atoms with Gasteiger partial charge in [0, 0.05) is 0 Å². The van der Waals surface area contributed by atoms with Crippen LogP contribution in [0.2, 0.25) is 0 Å². The Morgan fingerprint density at radius 1 is 0.643 bits per heavy atom. The van der Waals surface area contributed by atoms with Crippen LogP contribution in [-0.4, -0.2) is 54.8 Å². The molecule has 2 rings (SSSR count). The van der Waals surface area contributed by atoms with Gasteiger partial charge in [0.1, 0.15) is 11.5 Å². The molecule has 0 radical (unpaired) electrons. The average molecular weight is 587 g/mol. The third-order valence-electron chi connectivity index (χ3n) is 7.86. The molecule has 0 saturated heterocycles. The third-order valence-corrected chi connectivity index (χ3v) is 7.86. The van der Waals surface area contributed by atoms with E-state index >= 15 is 0 Å². The fraction of sp³-hybridized carbons (Fsp3) is 0.588. The van der Waals surface area contributed by atoms with Crippen molar-refractivity contribution >= 4 is 11.9 Å². The van der Waals surface area contributed by atoms with Crippen LogP contribution in [0.3, 0.4) is 0 Å². The molecule has 2 aromatic rings. The van der Waals surface area contributed by atoms with Crippen LogP contribution in [0.1, 0.15) is 101 Å². The van der Waals surface area contributed by atoms with Crippen molar-refractivity contribution in [2.75, 3.05) is 0 Å². The minimum Gasteiger partial charge on any atom is -0.507 e. The summed E-state index contributed by atoms with van der Waals surface area (Å²) >= 11 is 0. The fourth-order valence-corrected chi connectivity index (χ4v) is 5.51. The van der Waals surface area contributed by atoms with Gasteiger partial charge in [-0.2, -0.15) is 0 Å². The van der Waals surface area contributed by atoms with Gasteiger partial charge in [-0.25, -0.2) is 0 Å². The van der Waals surface area contributed by atoms with Gasteiger partial charge >= 0.3 is 11.9 Å². The van der Waals surface area contributed by atoms with Crippen molar-refractivity contribution in [2.45, 2.75) is 117 Å². The molecule has 0 bridgehead atoms. The second kappa shape index (κ2) is 13.9. The van der Waals surface area contributed by atoms with Crippen LogP contribution >= 0.6 is 0 Å². The third kappa shape index (κ3) is 9.73. The van der Waals surface area contributed by atoms with Crippen molar-refractivity contribution in [3.05, 3.63) is 57.6 Å². The molecule has 0 aliphatic heterocycles. The number of carboxylic acid groups (broad SMARTS) is 2. The van der Waals surface area contributed by atoms with Gasteiger partial charge in [0.05, 0.1) is 24.0 Å². The predicted octanol–water partition coefficient (Wildman–Crippen LogP) is 5.78. The van der Waals surface area contributed by atoms with Gasteiger partial charge in [-0.05, 0) is 85.5 Å². The summed E-state index contributed by atoms with van der Waals surface area (Å²) in [6.07, 6.45) is -1.94. The molecular formula is C34H50O8. The van der Waals surface area contributed by atoms with E-state index in [2.05, 4.69) is 0 Å². The number of aliphatic hydroxyl groups is 2. The van der Waals surface area contributed by atoms with Crippen molar-refractivity contribution in [3.63, 3.8) is 0 Å². The number of carboxylic acids is 2. The molecule has 4 atom stereocenters. The maximum absolute atomic E-state index is 12.1. The SMILES string of the molecule is Cc1cc(CC(CC(O)CCC(O)CC(Cc2cc(C)cc(C(C)(C)C)c2O)C(=O)O)C(=O)O)c(O)c(C(C)(C)C)c1. The van der Waals surface area contributed by atoms with Crippen LogP contribution in [0.5, 0.6) is 11.5 Å². The minimum absolute atomic E-state index is 0.0448. The second-order valence-corrected chi connectivity index (χ2v) is 14.0. The smallest absolute Gasteiger partial charge is 0.306 e. The maximum Gasteiger partial charge on any atom is 0.306 e. The molecule has 0 fully saturated rings. The Kier molecular flexibility index (Phi) is 11.6. The van der Waals surface area contributed by atoms with Gasteiger partial charge in [-0.15, -0.1) is 0 Å². The Labute approximate surface area is 250 Å². The normalized spacial score (nSPS) is 15.2. The number of aliphatic carboxylic acids is 2. The Bertz CT molecular complexity index is 1150. The number of hydrogen-bond donors (Lipinski definition) is 6. The Hall–Kier alpha value is -3.10. The van der Waals surface area contributed by atoms with Gasteiger partial charge in [-0.3, -0.25) is 9.59 Å². The molecule has 0 amide bonds. The summed E-state index contributed by atoms with van der Waals surface area (Å²) in [5.74, 6) is -3.95. The summed E-state index contributed by atoms with van der Waals surface area (Å²) in [4.78, 5) is 24.1. The molecule has 0 spiro atoms. The van der Waals surface area contributed by atoms with Crippen molar-refractivity contribution < 1.29 is 40.2 Å². The van der Waals surface area contributed by atoms with Crippen molar-refractivity contribution in [2.24, 2.45) is 11.8 Å². The zero-order valence-electron chi connectivity index (χ0n) is 26.4. The first-order valence-electron chi connectivity index (χ1n) is 14.7. The Morgan fingerprint density at radius 3 is 1.21 bits per heavy atom. The number of rotatable bonds is 13. The molecular weight excluding hydrogens is 536 g/mol. The summed E-state index contributed by atoms with van der Waals surface area (Å²) in [6.45, 7) is 15.6. The van der Waals surface area contributed by atoms with Gasteiger partial charge in [-0.1, -0.05) is 76.9 Å². The largest absolute Gasteiger partial charge is 0.507 e.